The second kappa shape index (κ2) is 6.15. The Hall–Kier alpha value is -0.730. The summed E-state index contributed by atoms with van der Waals surface area (Å²) in [4.78, 5) is 2.39. The highest BCUT2D eigenvalue weighted by Crippen LogP contribution is 2.36. The van der Waals surface area contributed by atoms with E-state index in [0.29, 0.717) is 16.9 Å². The van der Waals surface area contributed by atoms with E-state index in [1.165, 1.54) is 12.0 Å². The highest BCUT2D eigenvalue weighted by atomic mass is 35.5. The van der Waals surface area contributed by atoms with Gasteiger partial charge in [0.25, 0.3) is 0 Å². The molecule has 1 N–H and O–H groups in total. The Bertz CT molecular complexity index is 447. The third-order valence-electron chi connectivity index (χ3n) is 4.18. The fourth-order valence-corrected chi connectivity index (χ4v) is 3.17. The first-order valence-electron chi connectivity index (χ1n) is 7.17. The van der Waals surface area contributed by atoms with Gasteiger partial charge in [0.05, 0.1) is 5.02 Å². The summed E-state index contributed by atoms with van der Waals surface area (Å²) >= 11 is 6.16. The number of phenols is 1. The summed E-state index contributed by atoms with van der Waals surface area (Å²) in [5, 5.41) is 10.6. The summed E-state index contributed by atoms with van der Waals surface area (Å²) in [6, 6.07) is 4.04. The van der Waals surface area contributed by atoms with Crippen molar-refractivity contribution in [1.29, 1.82) is 0 Å². The Morgan fingerprint density at radius 2 is 2.00 bits per heavy atom. The maximum atomic E-state index is 10.2. The highest BCUT2D eigenvalue weighted by molar-refractivity contribution is 6.32. The van der Waals surface area contributed by atoms with Gasteiger partial charge in [0.2, 0.25) is 0 Å². The van der Waals surface area contributed by atoms with Gasteiger partial charge in [0.1, 0.15) is 5.75 Å². The number of likely N-dealkylation sites (N-methyl/N-ethyl adjacent to an activating group) is 1. The first kappa shape index (κ1) is 14.7. The molecule has 0 aliphatic carbocycles. The summed E-state index contributed by atoms with van der Waals surface area (Å²) in [7, 11) is 2.18. The van der Waals surface area contributed by atoms with E-state index in [0.717, 1.165) is 31.5 Å². The minimum atomic E-state index is 0.276. The molecule has 19 heavy (non-hydrogen) atoms. The van der Waals surface area contributed by atoms with E-state index in [-0.39, 0.29) is 5.75 Å². The lowest BCUT2D eigenvalue weighted by Gasteiger charge is -2.21. The lowest BCUT2D eigenvalue weighted by molar-refractivity contribution is 0.277. The molecule has 2 nitrogen and oxygen atoms in total. The molecule has 106 valence electrons. The maximum Gasteiger partial charge on any atom is 0.137 e. The van der Waals surface area contributed by atoms with Crippen molar-refractivity contribution in [1.82, 2.24) is 4.90 Å². The van der Waals surface area contributed by atoms with Gasteiger partial charge in [-0.2, -0.15) is 0 Å². The van der Waals surface area contributed by atoms with Gasteiger partial charge in [0, 0.05) is 13.1 Å². The second-order valence-electron chi connectivity index (χ2n) is 6.11. The van der Waals surface area contributed by atoms with Gasteiger partial charge >= 0.3 is 0 Å². The average Bonchev–Trinajstić information content (AvgIpc) is 2.38. The third kappa shape index (κ3) is 3.64. The van der Waals surface area contributed by atoms with E-state index in [1.54, 1.807) is 0 Å². The molecule has 1 heterocycles. The number of rotatable bonds is 0. The Labute approximate surface area is 121 Å². The van der Waals surface area contributed by atoms with Crippen LogP contribution in [-0.2, 0) is 6.42 Å². The maximum absolute atomic E-state index is 10.2. The first-order chi connectivity index (χ1) is 8.97. The smallest absolute Gasteiger partial charge is 0.137 e. The predicted molar refractivity (Wildman–Crippen MR) is 81.1 cm³/mol. The number of phenolic OH excluding ortho intramolecular Hbond substituents is 1. The lowest BCUT2D eigenvalue weighted by atomic mass is 9.91. The van der Waals surface area contributed by atoms with Crippen molar-refractivity contribution >= 4 is 11.6 Å². The molecule has 0 aromatic heterocycles. The molecule has 2 bridgehead atoms. The number of nitrogens with zero attached hydrogens (tertiary/aromatic N) is 1. The van der Waals surface area contributed by atoms with E-state index in [1.807, 2.05) is 6.07 Å². The molecule has 1 aliphatic heterocycles. The summed E-state index contributed by atoms with van der Waals surface area (Å²) < 4.78 is 0. The van der Waals surface area contributed by atoms with Crippen LogP contribution >= 0.6 is 11.6 Å². The van der Waals surface area contributed by atoms with Crippen LogP contribution in [0.3, 0.4) is 0 Å². The van der Waals surface area contributed by atoms with Gasteiger partial charge in [0.15, 0.2) is 0 Å². The highest BCUT2D eigenvalue weighted by Gasteiger charge is 2.18. The number of hydrogen-bond donors (Lipinski definition) is 1. The topological polar surface area (TPSA) is 23.5 Å². The first-order valence-corrected chi connectivity index (χ1v) is 7.55. The molecular weight excluding hydrogens is 258 g/mol. The lowest BCUT2D eigenvalue weighted by Crippen LogP contribution is -2.26. The van der Waals surface area contributed by atoms with E-state index in [2.05, 4.69) is 31.9 Å². The zero-order chi connectivity index (χ0) is 14.0. The van der Waals surface area contributed by atoms with Crippen LogP contribution in [0, 0.1) is 5.92 Å². The monoisotopic (exact) mass is 281 g/mol. The third-order valence-corrected chi connectivity index (χ3v) is 4.47. The molecule has 0 saturated heterocycles. The quantitative estimate of drug-likeness (QED) is 0.775. The second-order valence-corrected chi connectivity index (χ2v) is 6.52. The fraction of sp³-hybridized carbons (Fsp3) is 0.625. The predicted octanol–water partition coefficient (Wildman–Crippen LogP) is 4.05. The molecule has 0 radical (unpaired) electrons. The van der Waals surface area contributed by atoms with Gasteiger partial charge in [-0.1, -0.05) is 31.5 Å². The van der Waals surface area contributed by atoms with Crippen LogP contribution in [0.5, 0.6) is 5.75 Å². The Kier molecular flexibility index (Phi) is 4.75. The van der Waals surface area contributed by atoms with Crippen LogP contribution in [0.4, 0.5) is 0 Å². The van der Waals surface area contributed by atoms with E-state index in [4.69, 9.17) is 11.6 Å². The Morgan fingerprint density at radius 3 is 2.74 bits per heavy atom. The largest absolute Gasteiger partial charge is 0.506 e. The van der Waals surface area contributed by atoms with Gasteiger partial charge < -0.3 is 10.0 Å². The van der Waals surface area contributed by atoms with Crippen LogP contribution in [0.25, 0.3) is 0 Å². The fourth-order valence-electron chi connectivity index (χ4n) is 2.92. The van der Waals surface area contributed by atoms with Crippen LogP contribution < -0.4 is 0 Å². The van der Waals surface area contributed by atoms with Crippen LogP contribution in [0.1, 0.15) is 43.7 Å². The number of benzene rings is 1. The van der Waals surface area contributed by atoms with Crippen LogP contribution in [-0.4, -0.2) is 30.1 Å². The zero-order valence-corrected chi connectivity index (χ0v) is 12.9. The van der Waals surface area contributed by atoms with Crippen molar-refractivity contribution in [3.8, 4) is 5.75 Å². The molecule has 0 amide bonds. The Morgan fingerprint density at radius 1 is 1.26 bits per heavy atom. The molecule has 1 aliphatic rings. The minimum absolute atomic E-state index is 0.276. The zero-order valence-electron chi connectivity index (χ0n) is 12.1. The van der Waals surface area contributed by atoms with Crippen molar-refractivity contribution in [2.24, 2.45) is 5.92 Å². The van der Waals surface area contributed by atoms with Crippen molar-refractivity contribution in [2.45, 2.75) is 39.0 Å². The van der Waals surface area contributed by atoms with Crippen molar-refractivity contribution < 1.29 is 5.11 Å². The van der Waals surface area contributed by atoms with Crippen molar-refractivity contribution in [3.05, 3.63) is 28.3 Å². The van der Waals surface area contributed by atoms with Crippen LogP contribution in [0.15, 0.2) is 12.1 Å². The summed E-state index contributed by atoms with van der Waals surface area (Å²) in [6.07, 6.45) is 3.28. The molecule has 2 atom stereocenters. The van der Waals surface area contributed by atoms with Gasteiger partial charge in [-0.25, -0.2) is 0 Å². The molecule has 2 rings (SSSR count). The van der Waals surface area contributed by atoms with Crippen molar-refractivity contribution in [2.75, 3.05) is 20.1 Å². The molecule has 1 aromatic rings. The molecule has 0 saturated carbocycles. The van der Waals surface area contributed by atoms with E-state index >= 15 is 0 Å². The molecule has 0 spiro atoms. The molecule has 1 unspecified atom stereocenters. The molecule has 3 heteroatoms. The van der Waals surface area contributed by atoms with Crippen LogP contribution in [0.2, 0.25) is 5.02 Å². The SMILES string of the molecule is CC1CC[C@@H](C)c2cc(cc(Cl)c2O)CCN(C)C1. The van der Waals surface area contributed by atoms with E-state index < -0.39 is 0 Å². The van der Waals surface area contributed by atoms with Gasteiger partial charge in [-0.15, -0.1) is 0 Å². The Balaban J connectivity index is 2.32. The average molecular weight is 282 g/mol. The van der Waals surface area contributed by atoms with Crippen molar-refractivity contribution in [3.63, 3.8) is 0 Å². The van der Waals surface area contributed by atoms with Gasteiger partial charge in [-0.3, -0.25) is 0 Å². The number of hydrogen-bond acceptors (Lipinski definition) is 2. The molecular formula is C16H24ClNO. The molecule has 1 aromatic carbocycles. The summed E-state index contributed by atoms with van der Waals surface area (Å²) in [5.74, 6) is 1.34. The standard InChI is InChI=1S/C16H24ClNO/c1-11-4-5-12(2)14-8-13(6-7-18(3)10-11)9-15(17)16(14)19/h8-9,11-12,19H,4-7,10H2,1-3H3/t11?,12-/m1/s1. The summed E-state index contributed by atoms with van der Waals surface area (Å²) in [6.45, 7) is 6.68. The summed E-state index contributed by atoms with van der Waals surface area (Å²) in [5.41, 5.74) is 2.24. The number of fused-ring (bicyclic) bond motifs is 2. The number of halogens is 1. The minimum Gasteiger partial charge on any atom is -0.506 e. The van der Waals surface area contributed by atoms with E-state index in [9.17, 15) is 5.11 Å². The number of aromatic hydroxyl groups is 1. The normalized spacial score (nSPS) is 25.9. The van der Waals surface area contributed by atoms with Gasteiger partial charge in [-0.05, 0) is 55.3 Å². The molecule has 0 fully saturated rings.